The average Bonchev–Trinajstić information content (AvgIpc) is 2.64. The molecule has 0 unspecified atom stereocenters. The van der Waals surface area contributed by atoms with E-state index >= 15 is 0 Å². The zero-order chi connectivity index (χ0) is 17.6. The van der Waals surface area contributed by atoms with E-state index in [1.54, 1.807) is 0 Å². The van der Waals surface area contributed by atoms with Crippen LogP contribution in [-0.4, -0.2) is 13.6 Å². The lowest BCUT2D eigenvalue weighted by atomic mass is 10.0. The fraction of sp³-hybridized carbons (Fsp3) is 0.739. The first kappa shape index (κ1) is 23.2. The normalized spacial score (nSPS) is 10.2. The van der Waals surface area contributed by atoms with E-state index in [1.165, 1.54) is 96.4 Å². The van der Waals surface area contributed by atoms with Crippen LogP contribution >= 0.6 is 0 Å². The van der Waals surface area contributed by atoms with Gasteiger partial charge in [-0.1, -0.05) is 127 Å². The van der Waals surface area contributed by atoms with Crippen LogP contribution in [0.25, 0.3) is 0 Å². The molecule has 0 heterocycles. The van der Waals surface area contributed by atoms with Crippen LogP contribution < -0.4 is 5.32 Å². The lowest BCUT2D eigenvalue weighted by Crippen LogP contribution is -2.06. The highest BCUT2D eigenvalue weighted by Crippen LogP contribution is 2.12. The minimum atomic E-state index is 1.19. The highest BCUT2D eigenvalue weighted by Gasteiger charge is 1.93. The first-order valence-corrected chi connectivity index (χ1v) is 10.6. The maximum Gasteiger partial charge on any atom is -0.00519 e. The van der Waals surface area contributed by atoms with Crippen LogP contribution in [0.15, 0.2) is 36.4 Å². The number of hydrogen-bond donors (Lipinski definition) is 1. The predicted molar refractivity (Wildman–Crippen MR) is 111 cm³/mol. The SMILES string of the molecule is CCCCCCCCCCCCCCCCNC.c1ccccc1. The summed E-state index contributed by atoms with van der Waals surface area (Å²) in [6, 6.07) is 12.0. The molecule has 24 heavy (non-hydrogen) atoms. The number of benzene rings is 1. The Morgan fingerprint density at radius 1 is 0.458 bits per heavy atom. The van der Waals surface area contributed by atoms with Gasteiger partial charge in [0.05, 0.1) is 0 Å². The smallest absolute Gasteiger partial charge is 0.00519 e. The van der Waals surface area contributed by atoms with Crippen LogP contribution in [0.3, 0.4) is 0 Å². The molecule has 1 N–H and O–H groups in total. The summed E-state index contributed by atoms with van der Waals surface area (Å²) in [7, 11) is 2.04. The molecule has 0 aliphatic rings. The molecule has 0 saturated carbocycles. The van der Waals surface area contributed by atoms with Gasteiger partial charge in [-0.2, -0.15) is 0 Å². The molecule has 1 aromatic carbocycles. The zero-order valence-electron chi connectivity index (χ0n) is 16.6. The molecule has 0 spiro atoms. The Balaban J connectivity index is 0.000000728. The summed E-state index contributed by atoms with van der Waals surface area (Å²) in [6.07, 6.45) is 20.3. The summed E-state index contributed by atoms with van der Waals surface area (Å²) in [4.78, 5) is 0. The monoisotopic (exact) mass is 333 g/mol. The van der Waals surface area contributed by atoms with Gasteiger partial charge < -0.3 is 5.32 Å². The van der Waals surface area contributed by atoms with E-state index in [9.17, 15) is 0 Å². The fourth-order valence-corrected chi connectivity index (χ4v) is 2.88. The van der Waals surface area contributed by atoms with E-state index in [4.69, 9.17) is 0 Å². The summed E-state index contributed by atoms with van der Waals surface area (Å²) in [5.74, 6) is 0. The van der Waals surface area contributed by atoms with Gasteiger partial charge in [0, 0.05) is 0 Å². The second kappa shape index (κ2) is 22.2. The molecule has 0 amide bonds. The summed E-state index contributed by atoms with van der Waals surface area (Å²) in [5, 5.41) is 3.21. The van der Waals surface area contributed by atoms with Gasteiger partial charge in [0.15, 0.2) is 0 Å². The second-order valence-electron chi connectivity index (χ2n) is 6.85. The minimum absolute atomic E-state index is 1.19. The first-order chi connectivity index (χ1) is 11.9. The van der Waals surface area contributed by atoms with Crippen molar-refractivity contribution in [2.24, 2.45) is 0 Å². The highest BCUT2D eigenvalue weighted by molar-refractivity contribution is 4.99. The molecule has 0 fully saturated rings. The van der Waals surface area contributed by atoms with E-state index in [1.807, 2.05) is 43.4 Å². The summed E-state index contributed by atoms with van der Waals surface area (Å²) in [6.45, 7) is 3.48. The third kappa shape index (κ3) is 21.2. The third-order valence-electron chi connectivity index (χ3n) is 4.45. The molecular formula is C23H43N. The Bertz CT molecular complexity index is 253. The molecule has 0 aliphatic carbocycles. The van der Waals surface area contributed by atoms with Crippen LogP contribution in [0.5, 0.6) is 0 Å². The van der Waals surface area contributed by atoms with E-state index in [-0.39, 0.29) is 0 Å². The quantitative estimate of drug-likeness (QED) is 0.330. The standard InChI is InChI=1S/C17H37N.C6H6/c1-3-4-5-6-7-8-9-10-11-12-13-14-15-16-17-18-2;1-2-4-6-5-3-1/h18H,3-17H2,1-2H3;1-6H. The molecule has 0 bridgehead atoms. The van der Waals surface area contributed by atoms with Gasteiger partial charge in [-0.25, -0.2) is 0 Å². The summed E-state index contributed by atoms with van der Waals surface area (Å²) in [5.41, 5.74) is 0. The van der Waals surface area contributed by atoms with Crippen molar-refractivity contribution in [1.29, 1.82) is 0 Å². The first-order valence-electron chi connectivity index (χ1n) is 10.6. The molecule has 0 aliphatic heterocycles. The van der Waals surface area contributed by atoms with Gasteiger partial charge in [-0.05, 0) is 20.0 Å². The number of nitrogens with one attached hydrogen (secondary N) is 1. The van der Waals surface area contributed by atoms with Crippen LogP contribution in [0, 0.1) is 0 Å². The van der Waals surface area contributed by atoms with Crippen LogP contribution in [-0.2, 0) is 0 Å². The lowest BCUT2D eigenvalue weighted by Gasteiger charge is -2.03. The van der Waals surface area contributed by atoms with Crippen LogP contribution in [0.4, 0.5) is 0 Å². The molecular weight excluding hydrogens is 290 g/mol. The maximum absolute atomic E-state index is 3.21. The van der Waals surface area contributed by atoms with Crippen molar-refractivity contribution in [1.82, 2.24) is 5.32 Å². The maximum atomic E-state index is 3.21. The van der Waals surface area contributed by atoms with E-state index < -0.39 is 0 Å². The Hall–Kier alpha value is -0.820. The van der Waals surface area contributed by atoms with Crippen molar-refractivity contribution < 1.29 is 0 Å². The molecule has 0 saturated heterocycles. The molecule has 0 radical (unpaired) electrons. The van der Waals surface area contributed by atoms with E-state index in [0.29, 0.717) is 0 Å². The Morgan fingerprint density at radius 3 is 1.04 bits per heavy atom. The Kier molecular flexibility index (Phi) is 21.4. The number of hydrogen-bond acceptors (Lipinski definition) is 1. The van der Waals surface area contributed by atoms with Crippen molar-refractivity contribution in [2.45, 2.75) is 96.8 Å². The van der Waals surface area contributed by atoms with E-state index in [0.717, 1.165) is 0 Å². The molecule has 0 aromatic heterocycles. The van der Waals surface area contributed by atoms with Crippen molar-refractivity contribution in [3.05, 3.63) is 36.4 Å². The topological polar surface area (TPSA) is 12.0 Å². The van der Waals surface area contributed by atoms with Crippen molar-refractivity contribution in [3.8, 4) is 0 Å². The van der Waals surface area contributed by atoms with Crippen LogP contribution in [0.1, 0.15) is 96.8 Å². The van der Waals surface area contributed by atoms with Crippen molar-refractivity contribution >= 4 is 0 Å². The predicted octanol–water partition coefficient (Wildman–Crippen LogP) is 7.37. The number of rotatable bonds is 15. The zero-order valence-corrected chi connectivity index (χ0v) is 16.6. The second-order valence-corrected chi connectivity index (χ2v) is 6.85. The third-order valence-corrected chi connectivity index (χ3v) is 4.45. The van der Waals surface area contributed by atoms with Crippen molar-refractivity contribution in [3.63, 3.8) is 0 Å². The molecule has 140 valence electrons. The Labute approximate surface area is 152 Å². The average molecular weight is 334 g/mol. The molecule has 1 aromatic rings. The van der Waals surface area contributed by atoms with Crippen molar-refractivity contribution in [2.75, 3.05) is 13.6 Å². The van der Waals surface area contributed by atoms with Gasteiger partial charge in [0.2, 0.25) is 0 Å². The largest absolute Gasteiger partial charge is 0.320 e. The van der Waals surface area contributed by atoms with Gasteiger partial charge in [-0.15, -0.1) is 0 Å². The van der Waals surface area contributed by atoms with Gasteiger partial charge in [0.1, 0.15) is 0 Å². The molecule has 0 atom stereocenters. The lowest BCUT2D eigenvalue weighted by molar-refractivity contribution is 0.533. The summed E-state index contributed by atoms with van der Waals surface area (Å²) >= 11 is 0. The van der Waals surface area contributed by atoms with Gasteiger partial charge in [-0.3, -0.25) is 0 Å². The molecule has 1 rings (SSSR count). The Morgan fingerprint density at radius 2 is 0.750 bits per heavy atom. The fourth-order valence-electron chi connectivity index (χ4n) is 2.88. The van der Waals surface area contributed by atoms with Gasteiger partial charge in [0.25, 0.3) is 0 Å². The molecule has 1 nitrogen and oxygen atoms in total. The van der Waals surface area contributed by atoms with Gasteiger partial charge >= 0.3 is 0 Å². The highest BCUT2D eigenvalue weighted by atomic mass is 14.8. The molecule has 1 heteroatoms. The number of unbranched alkanes of at least 4 members (excludes halogenated alkanes) is 13. The van der Waals surface area contributed by atoms with Crippen LogP contribution in [0.2, 0.25) is 0 Å². The minimum Gasteiger partial charge on any atom is -0.320 e. The van der Waals surface area contributed by atoms with E-state index in [2.05, 4.69) is 12.2 Å². The summed E-state index contributed by atoms with van der Waals surface area (Å²) < 4.78 is 0.